The number of rotatable bonds is 6. The van der Waals surface area contributed by atoms with Crippen LogP contribution in [0.2, 0.25) is 0 Å². The lowest BCUT2D eigenvalue weighted by molar-refractivity contribution is 0.0705. The van der Waals surface area contributed by atoms with Gasteiger partial charge in [0.25, 0.3) is 5.91 Å². The number of imidazole rings is 1. The molecule has 0 spiro atoms. The summed E-state index contributed by atoms with van der Waals surface area (Å²) < 4.78 is 2.31. The first-order valence-electron chi connectivity index (χ1n) is 12.3. The van der Waals surface area contributed by atoms with E-state index in [1.165, 1.54) is 5.56 Å². The van der Waals surface area contributed by atoms with Gasteiger partial charge in [-0.1, -0.05) is 50.2 Å². The standard InChI is InChI=1S/C28H32N6O/c1-18(2)8-13-23-26-17-33(14-15-34(26)27(30-23)22-7-5-4-6-19(22)3)28(35)25-16-24(31-32-25)20-9-11-21(29)12-10-20/h4-7,9-12,16,18H,8,13-15,17,29H2,1-3H3,(H,31,32). The highest BCUT2D eigenvalue weighted by Crippen LogP contribution is 2.30. The van der Waals surface area contributed by atoms with Crippen LogP contribution in [0.1, 0.15) is 47.7 Å². The number of aromatic amines is 1. The van der Waals surface area contributed by atoms with E-state index in [-0.39, 0.29) is 5.91 Å². The van der Waals surface area contributed by atoms with E-state index in [0.29, 0.717) is 30.4 Å². The summed E-state index contributed by atoms with van der Waals surface area (Å²) in [7, 11) is 0. The number of nitrogens with zero attached hydrogens (tertiary/aromatic N) is 4. The minimum atomic E-state index is -0.0427. The smallest absolute Gasteiger partial charge is 0.272 e. The van der Waals surface area contributed by atoms with Crippen molar-refractivity contribution in [2.45, 2.75) is 46.7 Å². The molecular formula is C28H32N6O. The van der Waals surface area contributed by atoms with Gasteiger partial charge in [-0.2, -0.15) is 5.10 Å². The van der Waals surface area contributed by atoms with Crippen molar-refractivity contribution in [1.82, 2.24) is 24.6 Å². The molecule has 2 aromatic carbocycles. The molecule has 0 radical (unpaired) electrons. The normalized spacial score (nSPS) is 13.3. The highest BCUT2D eigenvalue weighted by Gasteiger charge is 2.29. The third-order valence-corrected chi connectivity index (χ3v) is 6.74. The Morgan fingerprint density at radius 1 is 1.11 bits per heavy atom. The van der Waals surface area contributed by atoms with E-state index in [9.17, 15) is 4.79 Å². The fraction of sp³-hybridized carbons (Fsp3) is 0.321. The number of H-pyrrole nitrogens is 1. The van der Waals surface area contributed by atoms with E-state index in [0.717, 1.165) is 53.4 Å². The Balaban J connectivity index is 1.43. The number of anilines is 1. The number of aryl methyl sites for hydroxylation is 2. The first-order valence-corrected chi connectivity index (χ1v) is 12.3. The second kappa shape index (κ2) is 9.41. The number of carbonyl (C=O) groups is 1. The van der Waals surface area contributed by atoms with Gasteiger partial charge in [0.1, 0.15) is 11.5 Å². The Bertz CT molecular complexity index is 1350. The number of carbonyl (C=O) groups excluding carboxylic acids is 1. The van der Waals surface area contributed by atoms with Crippen LogP contribution < -0.4 is 5.73 Å². The molecule has 0 unspecified atom stereocenters. The van der Waals surface area contributed by atoms with Gasteiger partial charge in [0.15, 0.2) is 0 Å². The molecule has 1 amide bonds. The van der Waals surface area contributed by atoms with Gasteiger partial charge < -0.3 is 15.2 Å². The van der Waals surface area contributed by atoms with Crippen LogP contribution in [0, 0.1) is 12.8 Å². The molecule has 0 bridgehead atoms. The molecule has 0 atom stereocenters. The molecule has 0 fully saturated rings. The van der Waals surface area contributed by atoms with Gasteiger partial charge in [0.2, 0.25) is 0 Å². The van der Waals surface area contributed by atoms with Crippen LogP contribution in [-0.4, -0.2) is 37.1 Å². The fourth-order valence-corrected chi connectivity index (χ4v) is 4.67. The number of hydrogen-bond donors (Lipinski definition) is 2. The maximum absolute atomic E-state index is 13.4. The first-order chi connectivity index (χ1) is 16.9. The van der Waals surface area contributed by atoms with E-state index >= 15 is 0 Å². The van der Waals surface area contributed by atoms with Gasteiger partial charge in [-0.3, -0.25) is 9.89 Å². The van der Waals surface area contributed by atoms with Gasteiger partial charge in [-0.05, 0) is 49.4 Å². The van der Waals surface area contributed by atoms with Crippen LogP contribution in [0.5, 0.6) is 0 Å². The van der Waals surface area contributed by atoms with E-state index in [4.69, 9.17) is 10.7 Å². The summed E-state index contributed by atoms with van der Waals surface area (Å²) in [6, 6.07) is 17.7. The molecule has 1 aliphatic heterocycles. The lowest BCUT2D eigenvalue weighted by Gasteiger charge is -2.29. The number of aromatic nitrogens is 4. The summed E-state index contributed by atoms with van der Waals surface area (Å²) in [5.74, 6) is 1.56. The first kappa shape index (κ1) is 22.9. The zero-order valence-electron chi connectivity index (χ0n) is 20.6. The second-order valence-electron chi connectivity index (χ2n) is 9.74. The Morgan fingerprint density at radius 3 is 2.63 bits per heavy atom. The molecule has 7 nitrogen and oxygen atoms in total. The molecule has 1 aliphatic rings. The summed E-state index contributed by atoms with van der Waals surface area (Å²) in [4.78, 5) is 20.4. The zero-order chi connectivity index (χ0) is 24.5. The number of nitrogens with two attached hydrogens (primary N) is 1. The average Bonchev–Trinajstić information content (AvgIpc) is 3.48. The average molecular weight is 469 g/mol. The van der Waals surface area contributed by atoms with Gasteiger partial charge in [0.05, 0.1) is 23.6 Å². The molecular weight excluding hydrogens is 436 g/mol. The highest BCUT2D eigenvalue weighted by atomic mass is 16.2. The van der Waals surface area contributed by atoms with Crippen LogP contribution in [0.25, 0.3) is 22.6 Å². The minimum absolute atomic E-state index is 0.0427. The molecule has 7 heteroatoms. The lowest BCUT2D eigenvalue weighted by atomic mass is 10.0. The Labute approximate surface area is 206 Å². The quantitative estimate of drug-likeness (QED) is 0.386. The largest absolute Gasteiger partial charge is 0.399 e. The van der Waals surface area contributed by atoms with Crippen molar-refractivity contribution in [3.63, 3.8) is 0 Å². The van der Waals surface area contributed by atoms with Gasteiger partial charge in [-0.25, -0.2) is 4.98 Å². The molecule has 35 heavy (non-hydrogen) atoms. The molecule has 0 saturated heterocycles. The number of nitrogens with one attached hydrogen (secondary N) is 1. The number of fused-ring (bicyclic) bond motifs is 1. The zero-order valence-corrected chi connectivity index (χ0v) is 20.6. The topological polar surface area (TPSA) is 92.8 Å². The lowest BCUT2D eigenvalue weighted by Crippen LogP contribution is -2.38. The minimum Gasteiger partial charge on any atom is -0.399 e. The molecule has 0 aliphatic carbocycles. The summed E-state index contributed by atoms with van der Waals surface area (Å²) in [5.41, 5.74) is 13.2. The number of hydrogen-bond acceptors (Lipinski definition) is 4. The van der Waals surface area contributed by atoms with Crippen LogP contribution in [0.4, 0.5) is 5.69 Å². The van der Waals surface area contributed by atoms with Crippen molar-refractivity contribution in [3.8, 4) is 22.6 Å². The molecule has 4 aromatic rings. The summed E-state index contributed by atoms with van der Waals surface area (Å²) >= 11 is 0. The van der Waals surface area contributed by atoms with Crippen molar-refractivity contribution in [2.24, 2.45) is 5.92 Å². The molecule has 180 valence electrons. The monoisotopic (exact) mass is 468 g/mol. The van der Waals surface area contributed by atoms with Crippen molar-refractivity contribution in [3.05, 3.63) is 77.2 Å². The molecule has 3 heterocycles. The summed E-state index contributed by atoms with van der Waals surface area (Å²) in [5, 5.41) is 7.30. The Kier molecular flexibility index (Phi) is 6.16. The van der Waals surface area contributed by atoms with E-state index in [1.807, 2.05) is 35.2 Å². The maximum Gasteiger partial charge on any atom is 0.272 e. The highest BCUT2D eigenvalue weighted by molar-refractivity contribution is 5.93. The number of nitrogen functional groups attached to an aromatic ring is 1. The third-order valence-electron chi connectivity index (χ3n) is 6.74. The summed E-state index contributed by atoms with van der Waals surface area (Å²) in [6.45, 7) is 8.48. The number of amides is 1. The molecule has 5 rings (SSSR count). The van der Waals surface area contributed by atoms with Crippen LogP contribution in [0.15, 0.2) is 54.6 Å². The third kappa shape index (κ3) is 4.58. The van der Waals surface area contributed by atoms with Crippen molar-refractivity contribution in [1.29, 1.82) is 0 Å². The number of benzene rings is 2. The van der Waals surface area contributed by atoms with E-state index in [1.54, 1.807) is 0 Å². The second-order valence-corrected chi connectivity index (χ2v) is 9.74. The predicted octanol–water partition coefficient (Wildman–Crippen LogP) is 5.08. The van der Waals surface area contributed by atoms with Crippen molar-refractivity contribution >= 4 is 11.6 Å². The van der Waals surface area contributed by atoms with Crippen molar-refractivity contribution in [2.75, 3.05) is 12.3 Å². The predicted molar refractivity (Wildman–Crippen MR) is 139 cm³/mol. The Hall–Kier alpha value is -3.87. The Morgan fingerprint density at radius 2 is 1.89 bits per heavy atom. The van der Waals surface area contributed by atoms with E-state index < -0.39 is 0 Å². The summed E-state index contributed by atoms with van der Waals surface area (Å²) in [6.07, 6.45) is 1.98. The van der Waals surface area contributed by atoms with Gasteiger partial charge >= 0.3 is 0 Å². The van der Waals surface area contributed by atoms with Gasteiger partial charge in [-0.15, -0.1) is 0 Å². The van der Waals surface area contributed by atoms with Crippen LogP contribution >= 0.6 is 0 Å². The van der Waals surface area contributed by atoms with Crippen molar-refractivity contribution < 1.29 is 4.79 Å². The molecule has 0 saturated carbocycles. The van der Waals surface area contributed by atoms with Crippen LogP contribution in [-0.2, 0) is 19.5 Å². The van der Waals surface area contributed by atoms with Crippen LogP contribution in [0.3, 0.4) is 0 Å². The molecule has 2 aromatic heterocycles. The van der Waals surface area contributed by atoms with Gasteiger partial charge in [0, 0.05) is 29.9 Å². The maximum atomic E-state index is 13.4. The molecule has 3 N–H and O–H groups in total. The fourth-order valence-electron chi connectivity index (χ4n) is 4.67. The van der Waals surface area contributed by atoms with E-state index in [2.05, 4.69) is 59.8 Å². The SMILES string of the molecule is Cc1ccccc1-c1nc(CCC(C)C)c2n1CCN(C(=O)c1cc(-c3ccc(N)cc3)n[nH]1)C2.